The lowest BCUT2D eigenvalue weighted by atomic mass is 10.2. The van der Waals surface area contributed by atoms with Crippen LogP contribution in [0.25, 0.3) is 5.69 Å². The van der Waals surface area contributed by atoms with Gasteiger partial charge >= 0.3 is 17.8 Å². The van der Waals surface area contributed by atoms with Crippen LogP contribution >= 0.6 is 35.0 Å². The van der Waals surface area contributed by atoms with Gasteiger partial charge in [0, 0.05) is 12.8 Å². The Balaban J connectivity index is 2.78. The topological polar surface area (TPSA) is 88.2 Å². The Kier molecular flexibility index (Phi) is 9.37. The van der Waals surface area contributed by atoms with Crippen molar-refractivity contribution in [3.63, 3.8) is 0 Å². The van der Waals surface area contributed by atoms with Crippen LogP contribution in [0.5, 0.6) is 0 Å². The van der Waals surface area contributed by atoms with Crippen molar-refractivity contribution in [2.75, 3.05) is 30.1 Å². The Morgan fingerprint density at radius 3 is 2.29 bits per heavy atom. The van der Waals surface area contributed by atoms with Crippen molar-refractivity contribution in [3.05, 3.63) is 33.4 Å². The van der Waals surface area contributed by atoms with Crippen molar-refractivity contribution in [2.24, 2.45) is 0 Å². The van der Waals surface area contributed by atoms with Gasteiger partial charge in [-0.1, -0.05) is 30.1 Å². The number of halogens is 8. The Labute approximate surface area is 211 Å². The summed E-state index contributed by atoms with van der Waals surface area (Å²) in [5.41, 5.74) is -8.26. The van der Waals surface area contributed by atoms with Gasteiger partial charge in [0.1, 0.15) is 23.3 Å². The number of nitriles is 1. The van der Waals surface area contributed by atoms with Crippen LogP contribution in [-0.2, 0) is 21.7 Å². The quantitative estimate of drug-likeness (QED) is 0.293. The molecule has 35 heavy (non-hydrogen) atoms. The third kappa shape index (κ3) is 6.54. The summed E-state index contributed by atoms with van der Waals surface area (Å²) >= 11 is 13.3. The van der Waals surface area contributed by atoms with E-state index in [1.54, 1.807) is 0 Å². The number of hydrogen-bond acceptors (Lipinski definition) is 6. The molecule has 1 atom stereocenters. The van der Waals surface area contributed by atoms with Crippen molar-refractivity contribution in [3.8, 4) is 11.8 Å². The van der Waals surface area contributed by atoms with Gasteiger partial charge in [0.05, 0.1) is 15.6 Å². The molecule has 0 aliphatic carbocycles. The molecular weight excluding hydrogens is 569 g/mol. The molecule has 2 aromatic rings. The van der Waals surface area contributed by atoms with Crippen LogP contribution in [0.15, 0.2) is 17.0 Å². The largest absolute Gasteiger partial charge is 0.476 e. The van der Waals surface area contributed by atoms with E-state index in [-0.39, 0.29) is 6.61 Å². The highest BCUT2D eigenvalue weighted by molar-refractivity contribution is 7.99. The molecule has 1 unspecified atom stereocenters. The van der Waals surface area contributed by atoms with Crippen LogP contribution in [-0.4, -0.2) is 50.8 Å². The van der Waals surface area contributed by atoms with Crippen LogP contribution < -0.4 is 4.90 Å². The van der Waals surface area contributed by atoms with E-state index in [0.717, 1.165) is 7.05 Å². The molecular formula is C18H14Cl2F6N4O3S2. The molecule has 1 heterocycles. The molecule has 0 aliphatic rings. The molecule has 0 N–H and O–H groups in total. The molecule has 1 aromatic heterocycles. The highest BCUT2D eigenvalue weighted by Gasteiger charge is 2.44. The minimum absolute atomic E-state index is 0.138. The van der Waals surface area contributed by atoms with Crippen molar-refractivity contribution in [1.29, 1.82) is 5.26 Å². The number of benzene rings is 1. The lowest BCUT2D eigenvalue weighted by Crippen LogP contribution is -2.31. The van der Waals surface area contributed by atoms with Crippen molar-refractivity contribution in [1.82, 2.24) is 9.78 Å². The third-order valence-corrected chi connectivity index (χ3v) is 6.73. The Bertz CT molecular complexity index is 1160. The van der Waals surface area contributed by atoms with E-state index in [2.05, 4.69) is 5.10 Å². The maximum absolute atomic E-state index is 13.4. The van der Waals surface area contributed by atoms with Crippen molar-refractivity contribution >= 4 is 57.7 Å². The summed E-state index contributed by atoms with van der Waals surface area (Å²) < 4.78 is 97.2. The molecule has 192 valence electrons. The average Bonchev–Trinajstić information content (AvgIpc) is 3.12. The molecule has 0 aliphatic heterocycles. The van der Waals surface area contributed by atoms with Crippen LogP contribution in [0.4, 0.5) is 37.0 Å². The molecule has 0 fully saturated rings. The highest BCUT2D eigenvalue weighted by atomic mass is 35.5. The maximum Gasteiger partial charge on any atom is 0.476 e. The maximum atomic E-state index is 13.4. The van der Waals surface area contributed by atoms with Crippen LogP contribution in [0.3, 0.4) is 0 Å². The van der Waals surface area contributed by atoms with Gasteiger partial charge in [-0.05, 0) is 17.9 Å². The lowest BCUT2D eigenvalue weighted by Gasteiger charge is -2.21. The summed E-state index contributed by atoms with van der Waals surface area (Å²) in [4.78, 5) is 11.8. The smallest absolute Gasteiger partial charge is 0.448 e. The predicted octanol–water partition coefficient (Wildman–Crippen LogP) is 6.02. The van der Waals surface area contributed by atoms with Crippen LogP contribution in [0.1, 0.15) is 18.2 Å². The minimum atomic E-state index is -5.38. The number of carbonyl (C=O) groups is 1. The Morgan fingerprint density at radius 1 is 1.26 bits per heavy atom. The number of thioether (sulfide) groups is 1. The fraction of sp³-hybridized carbons (Fsp3) is 0.389. The van der Waals surface area contributed by atoms with Gasteiger partial charge in [0.25, 0.3) is 0 Å². The molecule has 0 saturated carbocycles. The third-order valence-electron chi connectivity index (χ3n) is 4.13. The minimum Gasteiger partial charge on any atom is -0.448 e. The molecule has 0 saturated heterocycles. The number of nitrogens with zero attached hydrogens (tertiary/aromatic N) is 4. The molecule has 0 spiro atoms. The number of alkyl halides is 6. The van der Waals surface area contributed by atoms with Crippen molar-refractivity contribution in [2.45, 2.75) is 23.5 Å². The first-order valence-electron chi connectivity index (χ1n) is 9.21. The zero-order valence-electron chi connectivity index (χ0n) is 17.6. The zero-order valence-corrected chi connectivity index (χ0v) is 20.8. The number of rotatable bonds is 7. The standard InChI is InChI=1S/C18H14Cl2F6N4O3S2/c1-3-34-5-4-33-16(31)29(2)15-14(35(32)18(24,25)26)12(8-27)28-30(15)13-10(19)6-9(7-11(13)20)17(21,22)23/h6-7H,3-5H2,1-2H3. The Morgan fingerprint density at radius 2 is 1.83 bits per heavy atom. The number of anilines is 1. The molecule has 0 radical (unpaired) electrons. The van der Waals surface area contributed by atoms with E-state index >= 15 is 0 Å². The summed E-state index contributed by atoms with van der Waals surface area (Å²) in [6.07, 6.45) is -6.08. The summed E-state index contributed by atoms with van der Waals surface area (Å²) in [7, 11) is -2.94. The molecule has 0 bridgehead atoms. The second-order valence-electron chi connectivity index (χ2n) is 6.40. The van der Waals surface area contributed by atoms with E-state index in [0.29, 0.717) is 33.2 Å². The number of hydrogen-bond donors (Lipinski definition) is 0. The first kappa shape index (κ1) is 29.1. The van der Waals surface area contributed by atoms with Gasteiger partial charge in [0.2, 0.25) is 0 Å². The lowest BCUT2D eigenvalue weighted by molar-refractivity contribution is -0.137. The average molecular weight is 583 g/mol. The van der Waals surface area contributed by atoms with E-state index < -0.39 is 66.3 Å². The van der Waals surface area contributed by atoms with Gasteiger partial charge in [-0.3, -0.25) is 4.90 Å². The van der Waals surface area contributed by atoms with Crippen molar-refractivity contribution < 1.29 is 40.1 Å². The summed E-state index contributed by atoms with van der Waals surface area (Å²) in [6, 6.07) is 2.20. The summed E-state index contributed by atoms with van der Waals surface area (Å²) in [5, 5.41) is 11.5. The fourth-order valence-electron chi connectivity index (χ4n) is 2.65. The van der Waals surface area contributed by atoms with E-state index in [1.807, 2.05) is 6.92 Å². The van der Waals surface area contributed by atoms with E-state index in [1.165, 1.54) is 17.8 Å². The second-order valence-corrected chi connectivity index (χ2v) is 10.0. The van der Waals surface area contributed by atoms with Gasteiger partial charge in [-0.25, -0.2) is 13.7 Å². The monoisotopic (exact) mass is 582 g/mol. The number of amides is 1. The molecule has 7 nitrogen and oxygen atoms in total. The molecule has 2 rings (SSSR count). The molecule has 1 amide bonds. The number of aromatic nitrogens is 2. The molecule has 17 heteroatoms. The van der Waals surface area contributed by atoms with Gasteiger partial charge in [-0.2, -0.15) is 48.5 Å². The predicted molar refractivity (Wildman–Crippen MR) is 119 cm³/mol. The summed E-state index contributed by atoms with van der Waals surface area (Å²) in [5.74, 6) is 0.177. The summed E-state index contributed by atoms with van der Waals surface area (Å²) in [6.45, 7) is 1.71. The fourth-order valence-corrected chi connectivity index (χ4v) is 4.67. The second kappa shape index (κ2) is 11.3. The van der Waals surface area contributed by atoms with Gasteiger partial charge in [-0.15, -0.1) is 0 Å². The van der Waals surface area contributed by atoms with Gasteiger partial charge in [0.15, 0.2) is 22.3 Å². The number of ether oxygens (including phenoxy) is 1. The Hall–Kier alpha value is -2.15. The van der Waals surface area contributed by atoms with Gasteiger partial charge < -0.3 is 4.74 Å². The highest BCUT2D eigenvalue weighted by Crippen LogP contribution is 2.42. The van der Waals surface area contributed by atoms with E-state index in [4.69, 9.17) is 27.9 Å². The van der Waals surface area contributed by atoms with Crippen LogP contribution in [0.2, 0.25) is 10.0 Å². The normalized spacial score (nSPS) is 12.8. The first-order chi connectivity index (χ1) is 16.1. The first-order valence-corrected chi connectivity index (χ1v) is 12.3. The van der Waals surface area contributed by atoms with Crippen LogP contribution in [0, 0.1) is 11.3 Å². The van der Waals surface area contributed by atoms with E-state index in [9.17, 15) is 40.6 Å². The molecule has 1 aromatic carbocycles. The SMILES string of the molecule is CCSCCOC(=O)N(C)c1c(S(=O)C(F)(F)F)c(C#N)nn1-c1c(Cl)cc(C(F)(F)F)cc1Cl. The number of carbonyl (C=O) groups excluding carboxylic acids is 1. The zero-order chi connectivity index (χ0) is 26.7.